The van der Waals surface area contributed by atoms with E-state index in [9.17, 15) is 0 Å². The van der Waals surface area contributed by atoms with E-state index in [1.165, 1.54) is 38.9 Å². The van der Waals surface area contributed by atoms with Crippen molar-refractivity contribution in [2.75, 3.05) is 0 Å². The van der Waals surface area contributed by atoms with Crippen LogP contribution in [-0.4, -0.2) is 4.98 Å². The Bertz CT molecular complexity index is 1170. The number of fused-ring (bicyclic) bond motifs is 4. The molecule has 2 aromatic heterocycles. The van der Waals surface area contributed by atoms with Crippen LogP contribution in [0, 0.1) is 6.92 Å². The van der Waals surface area contributed by atoms with E-state index in [1.807, 2.05) is 0 Å². The number of hydrogen-bond acceptors (Lipinski definition) is 1. The van der Waals surface area contributed by atoms with Crippen molar-refractivity contribution >= 4 is 10.9 Å². The van der Waals surface area contributed by atoms with Crippen molar-refractivity contribution in [2.24, 2.45) is 0 Å². The summed E-state index contributed by atoms with van der Waals surface area (Å²) >= 11 is 0. The summed E-state index contributed by atoms with van der Waals surface area (Å²) in [7, 11) is 0. The van der Waals surface area contributed by atoms with E-state index in [1.54, 1.807) is 0 Å². The van der Waals surface area contributed by atoms with Crippen molar-refractivity contribution in [3.05, 3.63) is 83.6 Å². The lowest BCUT2D eigenvalue weighted by Gasteiger charge is -2.22. The van der Waals surface area contributed by atoms with Crippen LogP contribution in [0.15, 0.2) is 66.9 Å². The second kappa shape index (κ2) is 6.31. The van der Waals surface area contributed by atoms with E-state index < -0.39 is 0 Å². The molecule has 4 aromatic rings. The molecule has 2 nitrogen and oxygen atoms in total. The second-order valence-electron chi connectivity index (χ2n) is 7.35. The highest BCUT2D eigenvalue weighted by Crippen LogP contribution is 2.40. The van der Waals surface area contributed by atoms with Gasteiger partial charge in [-0.15, -0.1) is 0 Å². The Hall–Kier alpha value is -3.00. The van der Waals surface area contributed by atoms with Crippen molar-refractivity contribution in [3.8, 4) is 22.5 Å². The molecule has 0 saturated carbocycles. The van der Waals surface area contributed by atoms with Crippen molar-refractivity contribution in [1.29, 1.82) is 0 Å². The molecule has 0 saturated heterocycles. The van der Waals surface area contributed by atoms with E-state index >= 15 is 0 Å². The van der Waals surface area contributed by atoms with Crippen LogP contribution >= 0.6 is 0 Å². The summed E-state index contributed by atoms with van der Waals surface area (Å²) in [4.78, 5) is 5.06. The van der Waals surface area contributed by atoms with Crippen LogP contribution in [0.4, 0.5) is 0 Å². The molecule has 0 spiro atoms. The molecule has 27 heavy (non-hydrogen) atoms. The number of para-hydroxylation sites is 1. The molecule has 0 fully saturated rings. The Kier molecular flexibility index (Phi) is 3.78. The number of benzene rings is 2. The van der Waals surface area contributed by atoms with Crippen molar-refractivity contribution in [3.63, 3.8) is 0 Å². The molecule has 0 atom stereocenters. The molecule has 0 aliphatic carbocycles. The fourth-order valence-corrected chi connectivity index (χ4v) is 4.44. The molecule has 5 rings (SSSR count). The van der Waals surface area contributed by atoms with Crippen molar-refractivity contribution in [2.45, 2.75) is 33.2 Å². The van der Waals surface area contributed by atoms with Gasteiger partial charge >= 0.3 is 0 Å². The minimum atomic E-state index is 1.00. The summed E-state index contributed by atoms with van der Waals surface area (Å²) < 4.78 is 2.38. The molecule has 0 bridgehead atoms. The quantitative estimate of drug-likeness (QED) is 0.449. The summed E-state index contributed by atoms with van der Waals surface area (Å²) in [5.74, 6) is 0. The van der Waals surface area contributed by atoms with Crippen LogP contribution in [0.1, 0.15) is 23.6 Å². The van der Waals surface area contributed by atoms with Gasteiger partial charge in [-0.1, -0.05) is 37.3 Å². The molecule has 0 radical (unpaired) electrons. The van der Waals surface area contributed by atoms with E-state index in [-0.39, 0.29) is 0 Å². The zero-order valence-corrected chi connectivity index (χ0v) is 15.9. The lowest BCUT2D eigenvalue weighted by Crippen LogP contribution is -2.40. The maximum absolute atomic E-state index is 5.06. The lowest BCUT2D eigenvalue weighted by atomic mass is 9.84. The van der Waals surface area contributed by atoms with Gasteiger partial charge in [-0.3, -0.25) is 0 Å². The average Bonchev–Trinajstić information content (AvgIpc) is 2.73. The number of hydrogen-bond donors (Lipinski definition) is 0. The summed E-state index contributed by atoms with van der Waals surface area (Å²) in [5, 5.41) is 1.19. The van der Waals surface area contributed by atoms with Crippen LogP contribution in [0.25, 0.3) is 33.4 Å². The van der Waals surface area contributed by atoms with Crippen molar-refractivity contribution in [1.82, 2.24) is 4.98 Å². The predicted molar refractivity (Wildman–Crippen MR) is 111 cm³/mol. The standard InChI is InChI=1S/C25H23N2/c1-3-18-16-17(2)20-13-15-27-14-7-6-10-23(27)25(20)24(18)22-12-11-19-8-4-5-9-21(19)26-22/h4-12,14,16H,3,13,15H2,1-2H3/q+1. The van der Waals surface area contributed by atoms with Gasteiger partial charge in [0.15, 0.2) is 12.7 Å². The Morgan fingerprint density at radius 3 is 2.70 bits per heavy atom. The molecule has 1 aliphatic heterocycles. The minimum absolute atomic E-state index is 1.00. The average molecular weight is 351 g/mol. The molecule has 0 unspecified atom stereocenters. The first-order valence-corrected chi connectivity index (χ1v) is 9.76. The molecule has 0 N–H and O–H groups in total. The van der Waals surface area contributed by atoms with E-state index in [2.05, 4.69) is 85.3 Å². The number of pyridine rings is 2. The topological polar surface area (TPSA) is 16.8 Å². The SMILES string of the molecule is CCc1cc(C)c2c(c1-c1ccc3ccccc3n1)-c1cccc[n+]1CC2. The Morgan fingerprint density at radius 2 is 1.81 bits per heavy atom. The third-order valence-corrected chi connectivity index (χ3v) is 5.77. The zero-order valence-electron chi connectivity index (χ0n) is 15.9. The number of nitrogens with zero attached hydrogens (tertiary/aromatic N) is 2. The van der Waals surface area contributed by atoms with Gasteiger partial charge in [0.2, 0.25) is 5.69 Å². The Labute approximate surface area is 160 Å². The van der Waals surface area contributed by atoms with Crippen LogP contribution in [0.3, 0.4) is 0 Å². The Balaban J connectivity index is 1.86. The second-order valence-corrected chi connectivity index (χ2v) is 7.35. The Morgan fingerprint density at radius 1 is 0.963 bits per heavy atom. The summed E-state index contributed by atoms with van der Waals surface area (Å²) in [5.41, 5.74) is 10.4. The van der Waals surface area contributed by atoms with Gasteiger partial charge in [-0.2, -0.15) is 4.57 Å². The molecule has 1 aliphatic rings. The molecule has 2 aromatic carbocycles. The van der Waals surface area contributed by atoms with E-state index in [0.717, 1.165) is 30.6 Å². The van der Waals surface area contributed by atoms with Gasteiger partial charge in [0.05, 0.1) is 16.8 Å². The van der Waals surface area contributed by atoms with Gasteiger partial charge < -0.3 is 0 Å². The highest BCUT2D eigenvalue weighted by Gasteiger charge is 2.29. The molecular weight excluding hydrogens is 328 g/mol. The molecular formula is C25H23N2+. The first-order chi connectivity index (χ1) is 13.3. The van der Waals surface area contributed by atoms with Crippen LogP contribution in [0.5, 0.6) is 0 Å². The van der Waals surface area contributed by atoms with Gasteiger partial charge in [0, 0.05) is 29.5 Å². The van der Waals surface area contributed by atoms with Crippen LogP contribution in [0.2, 0.25) is 0 Å². The minimum Gasteiger partial charge on any atom is -0.248 e. The van der Waals surface area contributed by atoms with Crippen LogP contribution < -0.4 is 4.57 Å². The summed E-state index contributed by atoms with van der Waals surface area (Å²) in [6.07, 6.45) is 4.28. The zero-order chi connectivity index (χ0) is 18.4. The largest absolute Gasteiger partial charge is 0.248 e. The third-order valence-electron chi connectivity index (χ3n) is 5.77. The van der Waals surface area contributed by atoms with Gasteiger partial charge in [-0.25, -0.2) is 4.98 Å². The van der Waals surface area contributed by atoms with E-state index in [0.29, 0.717) is 0 Å². The smallest absolute Gasteiger partial charge is 0.213 e. The third kappa shape index (κ3) is 2.56. The molecule has 2 heteroatoms. The molecule has 132 valence electrons. The number of aryl methyl sites for hydroxylation is 3. The maximum Gasteiger partial charge on any atom is 0.213 e. The van der Waals surface area contributed by atoms with Gasteiger partial charge in [-0.05, 0) is 48.2 Å². The van der Waals surface area contributed by atoms with E-state index in [4.69, 9.17) is 4.98 Å². The van der Waals surface area contributed by atoms with Crippen LogP contribution in [-0.2, 0) is 19.4 Å². The van der Waals surface area contributed by atoms with Gasteiger partial charge in [0.25, 0.3) is 0 Å². The first kappa shape index (κ1) is 16.2. The summed E-state index contributed by atoms with van der Waals surface area (Å²) in [6.45, 7) is 5.54. The number of aromatic nitrogens is 2. The first-order valence-electron chi connectivity index (χ1n) is 9.76. The van der Waals surface area contributed by atoms with Gasteiger partial charge in [0.1, 0.15) is 0 Å². The summed E-state index contributed by atoms with van der Waals surface area (Å²) in [6, 6.07) is 21.7. The maximum atomic E-state index is 5.06. The molecule has 3 heterocycles. The predicted octanol–water partition coefficient (Wildman–Crippen LogP) is 5.28. The lowest BCUT2D eigenvalue weighted by molar-refractivity contribution is -0.687. The molecule has 0 amide bonds. The van der Waals surface area contributed by atoms with Crippen molar-refractivity contribution < 1.29 is 4.57 Å². The highest BCUT2D eigenvalue weighted by atomic mass is 15.0. The fourth-order valence-electron chi connectivity index (χ4n) is 4.44. The highest BCUT2D eigenvalue weighted by molar-refractivity contribution is 5.89. The monoisotopic (exact) mass is 351 g/mol. The normalized spacial score (nSPS) is 12.7. The fraction of sp³-hybridized carbons (Fsp3) is 0.200. The number of rotatable bonds is 2.